The maximum Gasteiger partial charge on any atom is 0.329 e. The third-order valence-corrected chi connectivity index (χ3v) is 12.7. The Bertz CT molecular complexity index is 1880. The van der Waals surface area contributed by atoms with Crippen molar-refractivity contribution in [3.05, 3.63) is 118 Å². The number of aromatic nitrogens is 1. The Labute approximate surface area is 326 Å². The van der Waals surface area contributed by atoms with E-state index in [4.69, 9.17) is 21.1 Å². The van der Waals surface area contributed by atoms with E-state index in [0.717, 1.165) is 75.2 Å². The van der Waals surface area contributed by atoms with Gasteiger partial charge in [-0.1, -0.05) is 67.9 Å². The molecule has 1 heterocycles. The quantitative estimate of drug-likeness (QED) is 0.0983. The second kappa shape index (κ2) is 17.2. The number of nitrogens with zero attached hydrogens (tertiary/aromatic N) is 1. The summed E-state index contributed by atoms with van der Waals surface area (Å²) in [5, 5.41) is 18.2. The third kappa shape index (κ3) is 8.58. The van der Waals surface area contributed by atoms with Crippen molar-refractivity contribution in [1.82, 2.24) is 10.3 Å². The number of fused-ring (bicyclic) bond motifs is 3. The molecule has 0 amide bonds. The number of pyridine rings is 1. The highest BCUT2D eigenvalue weighted by atomic mass is 35.5. The molecule has 8 heteroatoms. The van der Waals surface area contributed by atoms with Crippen LogP contribution in [0.3, 0.4) is 0 Å². The minimum Gasteiger partial charge on any atom is -0.494 e. The lowest BCUT2D eigenvalue weighted by Crippen LogP contribution is -2.53. The molecule has 3 aliphatic carbocycles. The number of carbonyl (C=O) groups is 1. The fourth-order valence-corrected chi connectivity index (χ4v) is 9.75. The lowest BCUT2D eigenvalue weighted by atomic mass is 9.59. The van der Waals surface area contributed by atoms with Gasteiger partial charge in [-0.25, -0.2) is 4.79 Å². The van der Waals surface area contributed by atoms with Crippen LogP contribution in [0.1, 0.15) is 99.1 Å². The summed E-state index contributed by atoms with van der Waals surface area (Å²) in [5.41, 5.74) is 6.09. The first-order chi connectivity index (χ1) is 26.2. The van der Waals surface area contributed by atoms with Crippen LogP contribution in [0.15, 0.2) is 85.1 Å². The summed E-state index contributed by atoms with van der Waals surface area (Å²) in [6, 6.07) is 26.7. The standard InChI is InChI=1S/C46H56ClN3O4/c1-32(31-54-42-18-25-49-41-14-6-9-33(2)43(41)42)27-36-28-35-15-16-39(53-26-8-23-48-24-17-34-10-4-3-5-11-34)30-40(35)45(36)19-21-46(22-20-45,44(51)52)50-38-13-7-12-37(47)29-38/h3-5,7,10-13,15-16,18,25,29-30,32-33,36,48,50H,6,8-9,14,17,19-24,26-28,31H2,1-2H3,(H,51,52)/t32-,33-,36+,45?,46?/m1/s1. The van der Waals surface area contributed by atoms with Crippen LogP contribution in [0.2, 0.25) is 5.02 Å². The Hall–Kier alpha value is -4.07. The number of nitrogens with one attached hydrogen (secondary N) is 2. The molecule has 1 fully saturated rings. The van der Waals surface area contributed by atoms with Crippen molar-refractivity contribution in [2.75, 3.05) is 31.6 Å². The Morgan fingerprint density at radius 3 is 2.63 bits per heavy atom. The summed E-state index contributed by atoms with van der Waals surface area (Å²) in [6.07, 6.45) is 11.8. The SMILES string of the molecule is C[C@@H](COc1ccnc2c1[C@H](C)CCC2)C[C@H]1Cc2ccc(OCCCNCCc3ccccc3)cc2C12CCC(Nc1cccc(Cl)c1)(C(=O)O)CC2. The average Bonchev–Trinajstić information content (AvgIpc) is 3.46. The van der Waals surface area contributed by atoms with Gasteiger partial charge in [0.25, 0.3) is 0 Å². The highest BCUT2D eigenvalue weighted by Gasteiger charge is 2.54. The molecule has 0 aliphatic heterocycles. The number of benzene rings is 3. The van der Waals surface area contributed by atoms with Crippen LogP contribution >= 0.6 is 11.6 Å². The van der Waals surface area contributed by atoms with E-state index >= 15 is 0 Å². The van der Waals surface area contributed by atoms with E-state index < -0.39 is 11.5 Å². The van der Waals surface area contributed by atoms with E-state index in [2.05, 4.69) is 78.0 Å². The lowest BCUT2D eigenvalue weighted by molar-refractivity contribution is -0.144. The summed E-state index contributed by atoms with van der Waals surface area (Å²) in [7, 11) is 0. The summed E-state index contributed by atoms with van der Waals surface area (Å²) in [5.74, 6) is 2.25. The molecular formula is C46H56ClN3O4. The van der Waals surface area contributed by atoms with Crippen LogP contribution in [0.4, 0.5) is 5.69 Å². The maximum atomic E-state index is 13.0. The van der Waals surface area contributed by atoms with Crippen LogP contribution in [0.5, 0.6) is 11.5 Å². The van der Waals surface area contributed by atoms with E-state index in [1.807, 2.05) is 36.5 Å². The summed E-state index contributed by atoms with van der Waals surface area (Å²) >= 11 is 6.31. The number of halogens is 1. The van der Waals surface area contributed by atoms with Crippen LogP contribution in [0.25, 0.3) is 0 Å². The number of aryl methyl sites for hydroxylation is 1. The Morgan fingerprint density at radius 2 is 1.83 bits per heavy atom. The molecule has 1 aromatic heterocycles. The highest BCUT2D eigenvalue weighted by Crippen LogP contribution is 2.57. The number of aliphatic carboxylic acids is 1. The fraction of sp³-hybridized carbons (Fsp3) is 0.478. The Morgan fingerprint density at radius 1 is 1.00 bits per heavy atom. The van der Waals surface area contributed by atoms with Crippen LogP contribution in [0, 0.1) is 11.8 Å². The number of rotatable bonds is 16. The summed E-state index contributed by atoms with van der Waals surface area (Å²) in [4.78, 5) is 17.7. The van der Waals surface area contributed by atoms with Crippen molar-refractivity contribution in [2.24, 2.45) is 11.8 Å². The zero-order valence-corrected chi connectivity index (χ0v) is 32.7. The predicted molar refractivity (Wildman–Crippen MR) is 217 cm³/mol. The summed E-state index contributed by atoms with van der Waals surface area (Å²) < 4.78 is 13.0. The molecule has 0 unspecified atom stereocenters. The largest absolute Gasteiger partial charge is 0.494 e. The molecule has 54 heavy (non-hydrogen) atoms. The van der Waals surface area contributed by atoms with E-state index in [1.54, 1.807) is 0 Å². The van der Waals surface area contributed by atoms with Gasteiger partial charge in [0.15, 0.2) is 0 Å². The lowest BCUT2D eigenvalue weighted by Gasteiger charge is -2.47. The van der Waals surface area contributed by atoms with Gasteiger partial charge in [-0.3, -0.25) is 4.98 Å². The number of carboxylic acid groups (broad SMARTS) is 1. The molecule has 3 aliphatic rings. The number of ether oxygens (including phenoxy) is 2. The fourth-order valence-electron chi connectivity index (χ4n) is 9.56. The van der Waals surface area contributed by atoms with E-state index in [0.29, 0.717) is 48.8 Å². The third-order valence-electron chi connectivity index (χ3n) is 12.5. The molecule has 1 saturated carbocycles. The van der Waals surface area contributed by atoms with Gasteiger partial charge in [0.05, 0.1) is 13.2 Å². The van der Waals surface area contributed by atoms with E-state index in [9.17, 15) is 9.90 Å². The molecule has 3 atom stereocenters. The van der Waals surface area contributed by atoms with E-state index in [-0.39, 0.29) is 5.41 Å². The summed E-state index contributed by atoms with van der Waals surface area (Å²) in [6.45, 7) is 7.74. The van der Waals surface area contributed by atoms with Crippen molar-refractivity contribution in [1.29, 1.82) is 0 Å². The topological polar surface area (TPSA) is 92.7 Å². The predicted octanol–water partition coefficient (Wildman–Crippen LogP) is 9.80. The van der Waals surface area contributed by atoms with E-state index in [1.165, 1.54) is 40.8 Å². The maximum absolute atomic E-state index is 13.0. The molecule has 3 N–H and O–H groups in total. The zero-order valence-electron chi connectivity index (χ0n) is 31.9. The molecule has 7 rings (SSSR count). The van der Waals surface area contributed by atoms with Crippen molar-refractivity contribution >= 4 is 23.3 Å². The number of hydrogen-bond acceptors (Lipinski definition) is 6. The van der Waals surface area contributed by atoms with Gasteiger partial charge in [0.1, 0.15) is 17.0 Å². The van der Waals surface area contributed by atoms with Crippen molar-refractivity contribution in [2.45, 2.75) is 101 Å². The molecule has 7 nitrogen and oxygen atoms in total. The van der Waals surface area contributed by atoms with Crippen LogP contribution < -0.4 is 20.1 Å². The van der Waals surface area contributed by atoms with Crippen molar-refractivity contribution in [3.63, 3.8) is 0 Å². The van der Waals surface area contributed by atoms with Gasteiger partial charge in [-0.2, -0.15) is 0 Å². The van der Waals surface area contributed by atoms with Crippen LogP contribution in [-0.2, 0) is 29.5 Å². The number of anilines is 1. The minimum atomic E-state index is -1.06. The molecule has 0 bridgehead atoms. The molecule has 3 aromatic carbocycles. The molecule has 286 valence electrons. The van der Waals surface area contributed by atoms with Crippen molar-refractivity contribution in [3.8, 4) is 11.5 Å². The second-order valence-electron chi connectivity index (χ2n) is 16.2. The van der Waals surface area contributed by atoms with Gasteiger partial charge in [-0.05, 0) is 160 Å². The first-order valence-corrected chi connectivity index (χ1v) is 20.5. The van der Waals surface area contributed by atoms with Gasteiger partial charge in [-0.15, -0.1) is 0 Å². The second-order valence-corrected chi connectivity index (χ2v) is 16.6. The zero-order chi connectivity index (χ0) is 37.5. The molecule has 1 spiro atoms. The Kier molecular flexibility index (Phi) is 12.1. The highest BCUT2D eigenvalue weighted by molar-refractivity contribution is 6.30. The Balaban J connectivity index is 1.04. The molecule has 0 saturated heterocycles. The molecule has 0 radical (unpaired) electrons. The first-order valence-electron chi connectivity index (χ1n) is 20.1. The van der Waals surface area contributed by atoms with Crippen molar-refractivity contribution < 1.29 is 19.4 Å². The molecular weight excluding hydrogens is 694 g/mol. The minimum absolute atomic E-state index is 0.138. The van der Waals surface area contributed by atoms with Gasteiger partial charge in [0.2, 0.25) is 0 Å². The smallest absolute Gasteiger partial charge is 0.329 e. The number of carboxylic acids is 1. The first kappa shape index (κ1) is 38.2. The monoisotopic (exact) mass is 749 g/mol. The van der Waals surface area contributed by atoms with Crippen LogP contribution in [-0.4, -0.2) is 47.9 Å². The van der Waals surface area contributed by atoms with Gasteiger partial charge >= 0.3 is 5.97 Å². The van der Waals surface area contributed by atoms with Gasteiger partial charge < -0.3 is 25.2 Å². The normalized spacial score (nSPS) is 23.7. The molecule has 4 aromatic rings. The number of hydrogen-bond donors (Lipinski definition) is 3. The average molecular weight is 750 g/mol. The van der Waals surface area contributed by atoms with Gasteiger partial charge in [0, 0.05) is 28.2 Å².